The van der Waals surface area contributed by atoms with E-state index in [2.05, 4.69) is 4.98 Å². The second-order valence-electron chi connectivity index (χ2n) is 8.96. The second kappa shape index (κ2) is 9.87. The van der Waals surface area contributed by atoms with Crippen LogP contribution in [0.2, 0.25) is 0 Å². The molecule has 2 heterocycles. The molecule has 0 unspecified atom stereocenters. The minimum atomic E-state index is -4.93. The zero-order valence-corrected chi connectivity index (χ0v) is 19.8. The SMILES string of the molecule is Cc1cc(-c2ccc(S(=O)(=O)[C@@H]3C[C@H](OC4CCOCC4)[C@@H](C(=O)O)C3)c(C(F)(F)F)c2)ccn1. The van der Waals surface area contributed by atoms with E-state index in [0.717, 1.165) is 12.1 Å². The Morgan fingerprint density at radius 3 is 2.43 bits per heavy atom. The molecule has 1 aromatic carbocycles. The fraction of sp³-hybridized carbons (Fsp3) is 0.500. The van der Waals surface area contributed by atoms with Gasteiger partial charge in [0.2, 0.25) is 0 Å². The van der Waals surface area contributed by atoms with Gasteiger partial charge in [-0.05, 0) is 68.0 Å². The van der Waals surface area contributed by atoms with Crippen molar-refractivity contribution >= 4 is 15.8 Å². The highest BCUT2D eigenvalue weighted by molar-refractivity contribution is 7.92. The van der Waals surface area contributed by atoms with E-state index in [1.165, 1.54) is 12.3 Å². The van der Waals surface area contributed by atoms with Crippen LogP contribution in [0, 0.1) is 12.8 Å². The highest BCUT2D eigenvalue weighted by Gasteiger charge is 2.48. The van der Waals surface area contributed by atoms with E-state index in [1.54, 1.807) is 19.1 Å². The third-order valence-electron chi connectivity index (χ3n) is 6.57. The molecule has 190 valence electrons. The number of alkyl halides is 3. The van der Waals surface area contributed by atoms with Gasteiger partial charge in [-0.15, -0.1) is 0 Å². The number of nitrogens with zero attached hydrogens (tertiary/aromatic N) is 1. The first-order chi connectivity index (χ1) is 16.5. The predicted molar refractivity (Wildman–Crippen MR) is 119 cm³/mol. The van der Waals surface area contributed by atoms with Crippen molar-refractivity contribution in [3.05, 3.63) is 47.8 Å². The fourth-order valence-electron chi connectivity index (χ4n) is 4.76. The zero-order chi connectivity index (χ0) is 25.4. The van der Waals surface area contributed by atoms with Crippen LogP contribution in [-0.2, 0) is 30.3 Å². The molecule has 0 spiro atoms. The molecule has 11 heteroatoms. The lowest BCUT2D eigenvalue weighted by atomic mass is 10.0. The molecule has 1 aliphatic heterocycles. The van der Waals surface area contributed by atoms with Gasteiger partial charge in [0.1, 0.15) is 0 Å². The summed E-state index contributed by atoms with van der Waals surface area (Å²) >= 11 is 0. The highest BCUT2D eigenvalue weighted by atomic mass is 32.2. The lowest BCUT2D eigenvalue weighted by Gasteiger charge is -2.27. The lowest BCUT2D eigenvalue weighted by molar-refractivity contribution is -0.149. The number of carboxylic acid groups (broad SMARTS) is 1. The lowest BCUT2D eigenvalue weighted by Crippen LogP contribution is -2.33. The zero-order valence-electron chi connectivity index (χ0n) is 19.0. The summed E-state index contributed by atoms with van der Waals surface area (Å²) < 4.78 is 80.1. The number of ether oxygens (including phenoxy) is 2. The Morgan fingerprint density at radius 2 is 1.80 bits per heavy atom. The molecule has 0 amide bonds. The normalized spacial score (nSPS) is 23.9. The van der Waals surface area contributed by atoms with E-state index in [9.17, 15) is 31.5 Å². The molecule has 35 heavy (non-hydrogen) atoms. The highest BCUT2D eigenvalue weighted by Crippen LogP contribution is 2.42. The van der Waals surface area contributed by atoms with Crippen LogP contribution in [-0.4, -0.2) is 55.1 Å². The third kappa shape index (κ3) is 5.52. The molecule has 2 aromatic rings. The third-order valence-corrected chi connectivity index (χ3v) is 8.81. The summed E-state index contributed by atoms with van der Waals surface area (Å²) in [7, 11) is -4.50. The van der Waals surface area contributed by atoms with Gasteiger partial charge in [-0.25, -0.2) is 8.42 Å². The summed E-state index contributed by atoms with van der Waals surface area (Å²) in [5, 5.41) is 8.35. The van der Waals surface area contributed by atoms with Crippen molar-refractivity contribution < 1.29 is 41.0 Å². The number of benzene rings is 1. The van der Waals surface area contributed by atoms with E-state index in [0.29, 0.717) is 37.3 Å². The van der Waals surface area contributed by atoms with Gasteiger partial charge >= 0.3 is 12.1 Å². The first kappa shape index (κ1) is 25.6. The average molecular weight is 514 g/mol. The van der Waals surface area contributed by atoms with Gasteiger partial charge < -0.3 is 14.6 Å². The number of aromatic nitrogens is 1. The summed E-state index contributed by atoms with van der Waals surface area (Å²) in [5.41, 5.74) is 0.0140. The van der Waals surface area contributed by atoms with E-state index in [-0.39, 0.29) is 24.5 Å². The number of pyridine rings is 1. The summed E-state index contributed by atoms with van der Waals surface area (Å²) in [6.07, 6.45) is -4.03. The van der Waals surface area contributed by atoms with Gasteiger partial charge in [-0.1, -0.05) is 6.07 Å². The molecule has 1 saturated carbocycles. The summed E-state index contributed by atoms with van der Waals surface area (Å²) in [6.45, 7) is 2.61. The molecule has 4 rings (SSSR count). The molecule has 3 atom stereocenters. The molecular weight excluding hydrogens is 487 g/mol. The smallest absolute Gasteiger partial charge is 0.417 e. The van der Waals surface area contributed by atoms with E-state index < -0.39 is 49.7 Å². The maximum absolute atomic E-state index is 14.0. The van der Waals surface area contributed by atoms with E-state index >= 15 is 0 Å². The predicted octanol–water partition coefficient (Wildman–Crippen LogP) is 4.28. The Hall–Kier alpha value is -2.50. The molecule has 7 nitrogen and oxygen atoms in total. The Bertz CT molecular complexity index is 1190. The molecule has 2 aliphatic rings. The van der Waals surface area contributed by atoms with Gasteiger partial charge in [-0.3, -0.25) is 9.78 Å². The van der Waals surface area contributed by atoms with Crippen molar-refractivity contribution in [3.63, 3.8) is 0 Å². The van der Waals surface area contributed by atoms with Gasteiger partial charge in [0.25, 0.3) is 0 Å². The van der Waals surface area contributed by atoms with Crippen molar-refractivity contribution in [2.24, 2.45) is 5.92 Å². The number of sulfone groups is 1. The minimum absolute atomic E-state index is 0.181. The van der Waals surface area contributed by atoms with Gasteiger partial charge in [0, 0.05) is 25.1 Å². The molecule has 1 aromatic heterocycles. The molecule has 1 N–H and O–H groups in total. The second-order valence-corrected chi connectivity index (χ2v) is 11.2. The Kier molecular flexibility index (Phi) is 7.21. The van der Waals surface area contributed by atoms with Crippen LogP contribution >= 0.6 is 0 Å². The van der Waals surface area contributed by atoms with Crippen LogP contribution in [0.5, 0.6) is 0 Å². The molecule has 2 fully saturated rings. The van der Waals surface area contributed by atoms with Crippen LogP contribution in [0.1, 0.15) is 36.9 Å². The number of hydrogen-bond donors (Lipinski definition) is 1. The number of carbonyl (C=O) groups is 1. The molecular formula is C24H26F3NO6S. The monoisotopic (exact) mass is 513 g/mol. The fourth-order valence-corrected chi connectivity index (χ4v) is 6.76. The van der Waals surface area contributed by atoms with Crippen LogP contribution in [0.25, 0.3) is 11.1 Å². The number of halogens is 3. The molecule has 1 saturated heterocycles. The Morgan fingerprint density at radius 1 is 1.11 bits per heavy atom. The van der Waals surface area contributed by atoms with E-state index in [4.69, 9.17) is 9.47 Å². The largest absolute Gasteiger partial charge is 0.481 e. The van der Waals surface area contributed by atoms with Gasteiger partial charge in [0.05, 0.1) is 33.8 Å². The molecule has 1 aliphatic carbocycles. The number of carboxylic acids is 1. The maximum Gasteiger partial charge on any atom is 0.417 e. The summed E-state index contributed by atoms with van der Waals surface area (Å²) in [5.74, 6) is -2.34. The first-order valence-corrected chi connectivity index (χ1v) is 12.9. The minimum Gasteiger partial charge on any atom is -0.481 e. The molecule has 0 radical (unpaired) electrons. The number of aliphatic carboxylic acids is 1. The van der Waals surface area contributed by atoms with Crippen molar-refractivity contribution in [3.8, 4) is 11.1 Å². The maximum atomic E-state index is 14.0. The van der Waals surface area contributed by atoms with Gasteiger partial charge in [-0.2, -0.15) is 13.2 Å². The van der Waals surface area contributed by atoms with Crippen LogP contribution in [0.4, 0.5) is 13.2 Å². The van der Waals surface area contributed by atoms with Crippen molar-refractivity contribution in [2.75, 3.05) is 13.2 Å². The Balaban J connectivity index is 1.67. The van der Waals surface area contributed by atoms with Crippen molar-refractivity contribution in [2.45, 2.75) is 61.1 Å². The quantitative estimate of drug-likeness (QED) is 0.615. The van der Waals surface area contributed by atoms with Crippen LogP contribution in [0.3, 0.4) is 0 Å². The number of aryl methyl sites for hydroxylation is 1. The first-order valence-electron chi connectivity index (χ1n) is 11.3. The number of rotatable bonds is 6. The van der Waals surface area contributed by atoms with Crippen LogP contribution < -0.4 is 0 Å². The standard InChI is InChI=1S/C24H26F3NO6S/c1-14-10-16(4-7-28-14)15-2-3-22(20(11-15)24(25,26)27)35(31,32)18-12-19(23(29)30)21(13-18)34-17-5-8-33-9-6-17/h2-4,7,10-11,17-19,21H,5-6,8-9,12-13H2,1H3,(H,29,30)/t18-,19-,21-/m0/s1. The summed E-state index contributed by atoms with van der Waals surface area (Å²) in [6, 6.07) is 6.27. The van der Waals surface area contributed by atoms with E-state index in [1.807, 2.05) is 0 Å². The van der Waals surface area contributed by atoms with Crippen molar-refractivity contribution in [1.82, 2.24) is 4.98 Å². The Labute approximate surface area is 201 Å². The van der Waals surface area contributed by atoms with Gasteiger partial charge in [0.15, 0.2) is 9.84 Å². The van der Waals surface area contributed by atoms with Crippen molar-refractivity contribution in [1.29, 1.82) is 0 Å². The number of hydrogen-bond acceptors (Lipinski definition) is 6. The summed E-state index contributed by atoms with van der Waals surface area (Å²) in [4.78, 5) is 15.0. The topological polar surface area (TPSA) is 103 Å². The van der Waals surface area contributed by atoms with Crippen LogP contribution in [0.15, 0.2) is 41.4 Å². The average Bonchev–Trinajstić information content (AvgIpc) is 3.24. The molecule has 0 bridgehead atoms.